The van der Waals surface area contributed by atoms with Gasteiger partial charge in [0.2, 0.25) is 5.91 Å². The maximum atomic E-state index is 11.9. The van der Waals surface area contributed by atoms with Crippen molar-refractivity contribution in [1.82, 2.24) is 20.1 Å². The van der Waals surface area contributed by atoms with Gasteiger partial charge in [-0.05, 0) is 28.8 Å². The van der Waals surface area contributed by atoms with Gasteiger partial charge < -0.3 is 10.1 Å². The Morgan fingerprint density at radius 3 is 2.08 bits per heavy atom. The Bertz CT molecular complexity index is 1010. The van der Waals surface area contributed by atoms with Crippen LogP contribution in [0.2, 0.25) is 0 Å². The summed E-state index contributed by atoms with van der Waals surface area (Å²) in [6.45, 7) is 6.68. The van der Waals surface area contributed by atoms with Crippen LogP contribution in [-0.4, -0.2) is 73.2 Å². The molecule has 2 aromatic carbocycles. The summed E-state index contributed by atoms with van der Waals surface area (Å²) in [6.07, 6.45) is 6.70. The highest BCUT2D eigenvalue weighted by atomic mass is 35.5. The standard InChI is InChI=1S/C29H34N4O2.3ClH/c34-28(14-13-25-8-7-15-30-24-25)31-16-22-35-23-21-32-17-19-33(20-18-32)29(26-9-3-1-4-10-26)27-11-5-2-6-12-27;;;/h1-15,24,29H,16-23H2,(H,31,34);3*1H/b14-13-;;;. The summed E-state index contributed by atoms with van der Waals surface area (Å²) >= 11 is 0. The zero-order chi connectivity index (χ0) is 24.1. The van der Waals surface area contributed by atoms with Crippen molar-refractivity contribution in [2.24, 2.45) is 0 Å². The second kappa shape index (κ2) is 18.7. The van der Waals surface area contributed by atoms with Crippen molar-refractivity contribution in [1.29, 1.82) is 0 Å². The molecule has 1 N–H and O–H groups in total. The van der Waals surface area contributed by atoms with Crippen LogP contribution in [0.15, 0.2) is 91.3 Å². The van der Waals surface area contributed by atoms with Crippen molar-refractivity contribution >= 4 is 49.2 Å². The van der Waals surface area contributed by atoms with E-state index in [1.54, 1.807) is 18.5 Å². The molecule has 0 aliphatic carbocycles. The highest BCUT2D eigenvalue weighted by molar-refractivity contribution is 5.91. The van der Waals surface area contributed by atoms with Crippen molar-refractivity contribution in [3.8, 4) is 0 Å². The molecular weight excluding hydrogens is 543 g/mol. The molecule has 6 nitrogen and oxygen atoms in total. The molecule has 1 saturated heterocycles. The van der Waals surface area contributed by atoms with E-state index in [2.05, 4.69) is 80.8 Å². The number of piperazine rings is 1. The van der Waals surface area contributed by atoms with E-state index < -0.39 is 0 Å². The second-order valence-corrected chi connectivity index (χ2v) is 8.62. The van der Waals surface area contributed by atoms with Gasteiger partial charge in [0.15, 0.2) is 0 Å². The van der Waals surface area contributed by atoms with Gasteiger partial charge in [-0.15, -0.1) is 37.2 Å². The average Bonchev–Trinajstić information content (AvgIpc) is 2.92. The molecule has 3 aromatic rings. The number of hydrogen-bond acceptors (Lipinski definition) is 5. The number of pyridine rings is 1. The van der Waals surface area contributed by atoms with Crippen LogP contribution in [-0.2, 0) is 9.53 Å². The minimum Gasteiger partial charge on any atom is -0.378 e. The summed E-state index contributed by atoms with van der Waals surface area (Å²) < 4.78 is 5.76. The quantitative estimate of drug-likeness (QED) is 0.259. The zero-order valence-electron chi connectivity index (χ0n) is 21.4. The molecular formula is C29H37Cl3N4O2. The summed E-state index contributed by atoms with van der Waals surface area (Å²) in [5, 5.41) is 2.85. The Balaban J connectivity index is 0.00000241. The predicted molar refractivity (Wildman–Crippen MR) is 162 cm³/mol. The van der Waals surface area contributed by atoms with Gasteiger partial charge in [-0.2, -0.15) is 0 Å². The van der Waals surface area contributed by atoms with E-state index in [0.29, 0.717) is 19.8 Å². The number of halogens is 3. The number of nitrogens with one attached hydrogen (secondary N) is 1. The van der Waals surface area contributed by atoms with E-state index in [-0.39, 0.29) is 49.2 Å². The van der Waals surface area contributed by atoms with Gasteiger partial charge in [0.25, 0.3) is 0 Å². The summed E-state index contributed by atoms with van der Waals surface area (Å²) in [7, 11) is 0. The van der Waals surface area contributed by atoms with Gasteiger partial charge >= 0.3 is 0 Å². The van der Waals surface area contributed by atoms with Crippen molar-refractivity contribution < 1.29 is 9.53 Å². The Hall–Kier alpha value is -2.45. The van der Waals surface area contributed by atoms with E-state index in [1.165, 1.54) is 17.2 Å². The summed E-state index contributed by atoms with van der Waals surface area (Å²) in [4.78, 5) is 21.0. The van der Waals surface area contributed by atoms with Gasteiger partial charge in [0.1, 0.15) is 0 Å². The number of ether oxygens (including phenoxy) is 1. The molecule has 38 heavy (non-hydrogen) atoms. The number of amides is 1. The topological polar surface area (TPSA) is 57.7 Å². The minimum atomic E-state index is -0.125. The van der Waals surface area contributed by atoms with E-state index in [0.717, 1.165) is 38.3 Å². The monoisotopic (exact) mass is 578 g/mol. The molecule has 1 amide bonds. The van der Waals surface area contributed by atoms with Crippen LogP contribution in [0.5, 0.6) is 0 Å². The summed E-state index contributed by atoms with van der Waals surface area (Å²) in [5.41, 5.74) is 3.58. The molecule has 206 valence electrons. The smallest absolute Gasteiger partial charge is 0.244 e. The van der Waals surface area contributed by atoms with Crippen molar-refractivity contribution in [3.05, 3.63) is 108 Å². The van der Waals surface area contributed by atoms with Crippen molar-refractivity contribution in [3.63, 3.8) is 0 Å². The lowest BCUT2D eigenvalue weighted by atomic mass is 9.96. The minimum absolute atomic E-state index is 0. The molecule has 0 radical (unpaired) electrons. The highest BCUT2D eigenvalue weighted by Crippen LogP contribution is 2.29. The average molecular weight is 580 g/mol. The normalized spacial score (nSPS) is 13.8. The Kier molecular flexibility index (Phi) is 16.6. The molecule has 2 heterocycles. The third-order valence-electron chi connectivity index (χ3n) is 6.21. The first-order chi connectivity index (χ1) is 17.3. The van der Waals surface area contributed by atoms with E-state index in [1.807, 2.05) is 12.1 Å². The molecule has 0 atom stereocenters. The van der Waals surface area contributed by atoms with Gasteiger partial charge in [-0.3, -0.25) is 19.6 Å². The van der Waals surface area contributed by atoms with Gasteiger partial charge in [-0.25, -0.2) is 0 Å². The lowest BCUT2D eigenvalue weighted by molar-refractivity contribution is -0.116. The Labute approximate surface area is 244 Å². The molecule has 1 fully saturated rings. The Morgan fingerprint density at radius 2 is 1.50 bits per heavy atom. The van der Waals surface area contributed by atoms with Gasteiger partial charge in [0.05, 0.1) is 19.3 Å². The Morgan fingerprint density at radius 1 is 0.868 bits per heavy atom. The summed E-state index contributed by atoms with van der Waals surface area (Å²) in [6, 6.07) is 25.6. The van der Waals surface area contributed by atoms with Crippen LogP contribution in [0.25, 0.3) is 6.08 Å². The third-order valence-corrected chi connectivity index (χ3v) is 6.21. The van der Waals surface area contributed by atoms with Crippen molar-refractivity contribution in [2.75, 3.05) is 52.5 Å². The van der Waals surface area contributed by atoms with Gasteiger partial charge in [-0.1, -0.05) is 66.7 Å². The van der Waals surface area contributed by atoms with Crippen LogP contribution < -0.4 is 5.32 Å². The lowest BCUT2D eigenvalue weighted by Gasteiger charge is -2.39. The lowest BCUT2D eigenvalue weighted by Crippen LogP contribution is -2.48. The molecule has 4 rings (SSSR count). The number of rotatable bonds is 11. The zero-order valence-corrected chi connectivity index (χ0v) is 23.8. The first-order valence-electron chi connectivity index (χ1n) is 12.3. The molecule has 0 bridgehead atoms. The molecule has 0 spiro atoms. The van der Waals surface area contributed by atoms with Crippen LogP contribution in [0.1, 0.15) is 22.7 Å². The maximum absolute atomic E-state index is 11.9. The predicted octanol–water partition coefficient (Wildman–Crippen LogP) is 4.90. The third kappa shape index (κ3) is 10.7. The fourth-order valence-electron chi connectivity index (χ4n) is 4.38. The second-order valence-electron chi connectivity index (χ2n) is 8.62. The molecule has 0 unspecified atom stereocenters. The van der Waals surface area contributed by atoms with E-state index in [9.17, 15) is 4.79 Å². The van der Waals surface area contributed by atoms with E-state index in [4.69, 9.17) is 4.74 Å². The van der Waals surface area contributed by atoms with Crippen LogP contribution in [0.4, 0.5) is 0 Å². The largest absolute Gasteiger partial charge is 0.378 e. The fourth-order valence-corrected chi connectivity index (χ4v) is 4.38. The molecule has 0 saturated carbocycles. The maximum Gasteiger partial charge on any atom is 0.244 e. The number of hydrogen-bond donors (Lipinski definition) is 1. The van der Waals surface area contributed by atoms with Gasteiger partial charge in [0, 0.05) is 57.7 Å². The molecule has 1 aromatic heterocycles. The first-order valence-corrected chi connectivity index (χ1v) is 12.3. The number of nitrogens with zero attached hydrogens (tertiary/aromatic N) is 3. The fraction of sp³-hybridized carbons (Fsp3) is 0.310. The number of carbonyl (C=O) groups is 1. The molecule has 9 heteroatoms. The SMILES string of the molecule is Cl.Cl.Cl.O=C(/C=C\c1cccnc1)NCCOCCN1CCN(C(c2ccccc2)c2ccccc2)CC1. The number of benzene rings is 2. The van der Waals surface area contributed by atoms with Crippen molar-refractivity contribution in [2.45, 2.75) is 6.04 Å². The van der Waals surface area contributed by atoms with E-state index >= 15 is 0 Å². The molecule has 1 aliphatic heterocycles. The first kappa shape index (κ1) is 33.6. The number of aromatic nitrogens is 1. The van der Waals surface area contributed by atoms with Crippen LogP contribution in [0, 0.1) is 0 Å². The highest BCUT2D eigenvalue weighted by Gasteiger charge is 2.26. The number of carbonyl (C=O) groups excluding carboxylic acids is 1. The van der Waals surface area contributed by atoms with Crippen LogP contribution in [0.3, 0.4) is 0 Å². The summed E-state index contributed by atoms with van der Waals surface area (Å²) in [5.74, 6) is -0.125. The molecule has 1 aliphatic rings. The van der Waals surface area contributed by atoms with Crippen LogP contribution >= 0.6 is 37.2 Å².